The van der Waals surface area contributed by atoms with Crippen molar-refractivity contribution in [2.75, 3.05) is 0 Å². The van der Waals surface area contributed by atoms with Crippen molar-refractivity contribution in [3.63, 3.8) is 0 Å². The van der Waals surface area contributed by atoms with E-state index in [4.69, 9.17) is 10.00 Å². The van der Waals surface area contributed by atoms with Crippen molar-refractivity contribution in [3.8, 4) is 6.07 Å². The summed E-state index contributed by atoms with van der Waals surface area (Å²) >= 11 is 0. The quantitative estimate of drug-likeness (QED) is 0.331. The van der Waals surface area contributed by atoms with E-state index in [0.29, 0.717) is 18.4 Å². The molecule has 0 spiro atoms. The normalized spacial score (nSPS) is 17.4. The average Bonchev–Trinajstić information content (AvgIpc) is 2.61. The van der Waals surface area contributed by atoms with Crippen molar-refractivity contribution in [2.45, 2.75) is 43.7 Å². The molecule has 1 aromatic carbocycles. The Kier molecular flexibility index (Phi) is 5.68. The molecule has 0 N–H and O–H groups in total. The van der Waals surface area contributed by atoms with Crippen LogP contribution in [0.15, 0.2) is 48.8 Å². The molecule has 0 bridgehead atoms. The van der Waals surface area contributed by atoms with Crippen molar-refractivity contribution in [3.05, 3.63) is 59.9 Å². The zero-order chi connectivity index (χ0) is 18.5. The Labute approximate surface area is 144 Å². The lowest BCUT2D eigenvalue weighted by atomic mass is 9.69. The molecule has 1 aromatic rings. The van der Waals surface area contributed by atoms with Crippen LogP contribution < -0.4 is 0 Å². The number of halogens is 3. The number of carbonyl (C=O) groups excluding carboxylic acids is 1. The number of nitrogens with zero attached hydrogens (tertiary/aromatic N) is 1. The number of ether oxygens (including phenoxy) is 1. The number of hydrogen-bond acceptors (Lipinski definition) is 3. The summed E-state index contributed by atoms with van der Waals surface area (Å²) in [5, 5.41) is 9.02. The predicted molar refractivity (Wildman–Crippen MR) is 86.2 cm³/mol. The second-order valence-electron chi connectivity index (χ2n) is 5.99. The molecule has 132 valence electrons. The summed E-state index contributed by atoms with van der Waals surface area (Å²) in [6.07, 6.45) is 1.61. The minimum atomic E-state index is -4.43. The summed E-state index contributed by atoms with van der Waals surface area (Å²) < 4.78 is 43.5. The molecule has 0 amide bonds. The Balaban J connectivity index is 2.38. The average molecular weight is 349 g/mol. The minimum absolute atomic E-state index is 0.183. The highest BCUT2D eigenvalue weighted by Gasteiger charge is 2.43. The number of rotatable bonds is 4. The van der Waals surface area contributed by atoms with Gasteiger partial charge in [0.05, 0.1) is 11.0 Å². The minimum Gasteiger partial charge on any atom is -0.414 e. The van der Waals surface area contributed by atoms with Gasteiger partial charge in [-0.25, -0.2) is 0 Å². The molecular formula is C19H18F3NO2. The lowest BCUT2D eigenvalue weighted by Gasteiger charge is -2.35. The highest BCUT2D eigenvalue weighted by molar-refractivity contribution is 5.84. The zero-order valence-corrected chi connectivity index (χ0v) is 13.6. The SMILES string of the molecule is C=CC=C(C#N)OC(=O)C1(c2ccc(C(F)(F)F)cc2)CCCCC1. The first-order valence-corrected chi connectivity index (χ1v) is 7.96. The molecule has 0 radical (unpaired) electrons. The van der Waals surface area contributed by atoms with Gasteiger partial charge in [0, 0.05) is 0 Å². The van der Waals surface area contributed by atoms with Crippen LogP contribution in [0.3, 0.4) is 0 Å². The Morgan fingerprint density at radius 3 is 2.28 bits per heavy atom. The molecule has 0 heterocycles. The van der Waals surface area contributed by atoms with Gasteiger partial charge in [-0.15, -0.1) is 0 Å². The van der Waals surface area contributed by atoms with Crippen LogP contribution in [0, 0.1) is 11.3 Å². The molecule has 2 rings (SSSR count). The maximum atomic E-state index is 12.8. The Bertz CT molecular complexity index is 706. The molecular weight excluding hydrogens is 331 g/mol. The van der Waals surface area contributed by atoms with Crippen LogP contribution in [-0.2, 0) is 21.1 Å². The molecule has 3 nitrogen and oxygen atoms in total. The second-order valence-corrected chi connectivity index (χ2v) is 5.99. The van der Waals surface area contributed by atoms with Gasteiger partial charge in [0.1, 0.15) is 6.07 Å². The van der Waals surface area contributed by atoms with Crippen molar-refractivity contribution in [1.29, 1.82) is 5.26 Å². The highest BCUT2D eigenvalue weighted by Crippen LogP contribution is 2.42. The molecule has 0 unspecified atom stereocenters. The van der Waals surface area contributed by atoms with Crippen LogP contribution in [-0.4, -0.2) is 5.97 Å². The number of carbonyl (C=O) groups is 1. The van der Waals surface area contributed by atoms with E-state index in [1.54, 1.807) is 6.07 Å². The molecule has 0 saturated heterocycles. The van der Waals surface area contributed by atoms with Gasteiger partial charge in [-0.2, -0.15) is 18.4 Å². The summed E-state index contributed by atoms with van der Waals surface area (Å²) in [4.78, 5) is 12.8. The first-order chi connectivity index (χ1) is 11.8. The lowest BCUT2D eigenvalue weighted by Crippen LogP contribution is -2.39. The molecule has 0 aromatic heterocycles. The van der Waals surface area contributed by atoms with Gasteiger partial charge in [-0.05, 0) is 36.6 Å². The molecule has 1 saturated carbocycles. The lowest BCUT2D eigenvalue weighted by molar-refractivity contribution is -0.147. The Morgan fingerprint density at radius 2 is 1.80 bits per heavy atom. The number of esters is 1. The van der Waals surface area contributed by atoms with E-state index in [1.165, 1.54) is 24.3 Å². The topological polar surface area (TPSA) is 50.1 Å². The van der Waals surface area contributed by atoms with E-state index in [1.807, 2.05) is 0 Å². The van der Waals surface area contributed by atoms with Gasteiger partial charge in [0.25, 0.3) is 0 Å². The monoisotopic (exact) mass is 349 g/mol. The third kappa shape index (κ3) is 4.11. The maximum absolute atomic E-state index is 12.8. The summed E-state index contributed by atoms with van der Waals surface area (Å²) in [6, 6.07) is 6.38. The summed E-state index contributed by atoms with van der Waals surface area (Å²) in [5.74, 6) is -0.793. The van der Waals surface area contributed by atoms with Gasteiger partial charge >= 0.3 is 12.1 Å². The number of nitriles is 1. The fourth-order valence-corrected chi connectivity index (χ4v) is 3.14. The first kappa shape index (κ1) is 18.8. The third-order valence-corrected chi connectivity index (χ3v) is 4.44. The summed E-state index contributed by atoms with van der Waals surface area (Å²) in [6.45, 7) is 3.45. The van der Waals surface area contributed by atoms with Gasteiger partial charge in [0.2, 0.25) is 5.76 Å². The van der Waals surface area contributed by atoms with Crippen molar-refractivity contribution < 1.29 is 22.7 Å². The fourth-order valence-electron chi connectivity index (χ4n) is 3.14. The fraction of sp³-hybridized carbons (Fsp3) is 0.368. The Hall–Kier alpha value is -2.55. The van der Waals surface area contributed by atoms with Crippen molar-refractivity contribution in [1.82, 2.24) is 0 Å². The number of allylic oxidation sites excluding steroid dienone is 3. The van der Waals surface area contributed by atoms with Crippen LogP contribution in [0.4, 0.5) is 13.2 Å². The third-order valence-electron chi connectivity index (χ3n) is 4.44. The summed E-state index contributed by atoms with van der Waals surface area (Å²) in [7, 11) is 0. The van der Waals surface area contributed by atoms with E-state index in [9.17, 15) is 18.0 Å². The predicted octanol–water partition coefficient (Wildman–Crippen LogP) is 5.04. The van der Waals surface area contributed by atoms with Crippen molar-refractivity contribution >= 4 is 5.97 Å². The second kappa shape index (κ2) is 7.56. The van der Waals surface area contributed by atoms with Gasteiger partial charge in [0.15, 0.2) is 0 Å². The van der Waals surface area contributed by atoms with E-state index < -0.39 is 23.1 Å². The molecule has 25 heavy (non-hydrogen) atoms. The number of benzene rings is 1. The van der Waals surface area contributed by atoms with Crippen LogP contribution >= 0.6 is 0 Å². The van der Waals surface area contributed by atoms with Crippen LogP contribution in [0.25, 0.3) is 0 Å². The van der Waals surface area contributed by atoms with E-state index >= 15 is 0 Å². The van der Waals surface area contributed by atoms with Gasteiger partial charge < -0.3 is 4.74 Å². The first-order valence-electron chi connectivity index (χ1n) is 7.96. The smallest absolute Gasteiger partial charge is 0.414 e. The zero-order valence-electron chi connectivity index (χ0n) is 13.6. The van der Waals surface area contributed by atoms with E-state index in [2.05, 4.69) is 6.58 Å². The molecule has 0 atom stereocenters. The van der Waals surface area contributed by atoms with Gasteiger partial charge in [-0.1, -0.05) is 44.1 Å². The van der Waals surface area contributed by atoms with Gasteiger partial charge in [-0.3, -0.25) is 4.79 Å². The highest BCUT2D eigenvalue weighted by atomic mass is 19.4. The van der Waals surface area contributed by atoms with E-state index in [-0.39, 0.29) is 5.76 Å². The molecule has 1 aliphatic rings. The molecule has 0 aliphatic heterocycles. The van der Waals surface area contributed by atoms with Crippen LogP contribution in [0.1, 0.15) is 43.2 Å². The van der Waals surface area contributed by atoms with Crippen LogP contribution in [0.2, 0.25) is 0 Å². The van der Waals surface area contributed by atoms with E-state index in [0.717, 1.165) is 31.4 Å². The molecule has 1 aliphatic carbocycles. The van der Waals surface area contributed by atoms with Crippen LogP contribution in [0.5, 0.6) is 0 Å². The standard InChI is InChI=1S/C19H18F3NO2/c1-2-6-16(13-23)25-17(24)18(11-4-3-5-12-18)14-7-9-15(10-8-14)19(20,21)22/h2,6-10H,1,3-5,11-12H2. The van der Waals surface area contributed by atoms with Crippen molar-refractivity contribution in [2.24, 2.45) is 0 Å². The maximum Gasteiger partial charge on any atom is 0.416 e. The largest absolute Gasteiger partial charge is 0.416 e. The molecule has 6 heteroatoms. The number of hydrogen-bond donors (Lipinski definition) is 0. The molecule has 1 fully saturated rings. The Morgan fingerprint density at radius 1 is 1.20 bits per heavy atom. The number of alkyl halides is 3. The summed E-state index contributed by atoms with van der Waals surface area (Å²) in [5.41, 5.74) is -1.31.